The molecule has 5 rings (SSSR count). The summed E-state index contributed by atoms with van der Waals surface area (Å²) in [6, 6.07) is 21.4. The van der Waals surface area contributed by atoms with E-state index in [0.29, 0.717) is 34.7 Å². The van der Waals surface area contributed by atoms with Crippen molar-refractivity contribution in [2.45, 2.75) is 13.5 Å². The second-order valence-electron chi connectivity index (χ2n) is 8.66. The summed E-state index contributed by atoms with van der Waals surface area (Å²) >= 11 is 3.49. The molecule has 1 aliphatic heterocycles. The highest BCUT2D eigenvalue weighted by atomic mass is 79.9. The molecule has 4 aromatic rings. The van der Waals surface area contributed by atoms with E-state index in [-0.39, 0.29) is 11.3 Å². The van der Waals surface area contributed by atoms with Gasteiger partial charge in [-0.3, -0.25) is 14.9 Å². The Labute approximate surface area is 232 Å². The second kappa shape index (κ2) is 11.1. The number of barbiturate groups is 1. The van der Waals surface area contributed by atoms with Gasteiger partial charge in [0.2, 0.25) is 0 Å². The fourth-order valence-electron chi connectivity index (χ4n) is 4.17. The number of rotatable bonds is 7. The zero-order chi connectivity index (χ0) is 27.5. The van der Waals surface area contributed by atoms with E-state index in [1.54, 1.807) is 12.1 Å². The van der Waals surface area contributed by atoms with E-state index >= 15 is 0 Å². The Balaban J connectivity index is 1.44. The summed E-state index contributed by atoms with van der Waals surface area (Å²) in [7, 11) is 0. The molecule has 4 amide bonds. The van der Waals surface area contributed by atoms with Crippen LogP contribution in [0.25, 0.3) is 16.8 Å². The van der Waals surface area contributed by atoms with Crippen LogP contribution in [0, 0.1) is 5.82 Å². The molecule has 1 heterocycles. The molecule has 39 heavy (non-hydrogen) atoms. The third kappa shape index (κ3) is 5.53. The zero-order valence-electron chi connectivity index (χ0n) is 20.7. The molecule has 0 radical (unpaired) electrons. The molecule has 0 unspecified atom stereocenters. The van der Waals surface area contributed by atoms with Crippen molar-refractivity contribution in [3.63, 3.8) is 0 Å². The normalized spacial score (nSPS) is 14.6. The molecule has 0 atom stereocenters. The molecule has 0 bridgehead atoms. The number of nitrogens with zero attached hydrogens (tertiary/aromatic N) is 1. The van der Waals surface area contributed by atoms with Crippen molar-refractivity contribution in [2.75, 3.05) is 11.5 Å². The van der Waals surface area contributed by atoms with Crippen molar-refractivity contribution >= 4 is 56.3 Å². The summed E-state index contributed by atoms with van der Waals surface area (Å²) in [5, 5.41) is 4.40. The van der Waals surface area contributed by atoms with Gasteiger partial charge in [-0.25, -0.2) is 14.1 Å². The molecule has 1 aliphatic rings. The predicted molar refractivity (Wildman–Crippen MR) is 149 cm³/mol. The molecule has 196 valence electrons. The summed E-state index contributed by atoms with van der Waals surface area (Å²) in [5.41, 5.74) is 1.30. The Bertz CT molecular complexity index is 1630. The molecule has 7 nitrogen and oxygen atoms in total. The number of nitrogens with one attached hydrogen (secondary N) is 1. The summed E-state index contributed by atoms with van der Waals surface area (Å²) in [5.74, 6) is -1.31. The molecule has 0 saturated carbocycles. The molecule has 4 aromatic carbocycles. The lowest BCUT2D eigenvalue weighted by atomic mass is 10.1. The maximum Gasteiger partial charge on any atom is 0.335 e. The number of fused-ring (bicyclic) bond motifs is 1. The first kappa shape index (κ1) is 26.1. The SMILES string of the molecule is CCOc1cc(/C=C2\C(=O)NC(=O)N(c3ccc(F)cc3)C2=O)c(Br)cc1OCc1ccc2ccccc2c1. The highest BCUT2D eigenvalue weighted by Gasteiger charge is 2.37. The van der Waals surface area contributed by atoms with Gasteiger partial charge in [-0.2, -0.15) is 0 Å². The summed E-state index contributed by atoms with van der Waals surface area (Å²) < 4.78 is 25.8. The lowest BCUT2D eigenvalue weighted by molar-refractivity contribution is -0.122. The van der Waals surface area contributed by atoms with Crippen molar-refractivity contribution in [3.05, 3.63) is 106 Å². The average molecular weight is 589 g/mol. The van der Waals surface area contributed by atoms with Crippen LogP contribution in [0.4, 0.5) is 14.9 Å². The van der Waals surface area contributed by atoms with Crippen LogP contribution in [0.5, 0.6) is 11.5 Å². The standard InChI is InChI=1S/C30H22BrFN2O5/c1-2-38-26-15-21(14-24-28(35)33-30(37)34(29(24)36)23-11-9-22(32)10-12-23)25(31)16-27(26)39-17-18-7-8-19-5-3-4-6-20(19)13-18/h3-16H,2,17H2,1H3,(H,33,35,37)/b24-14+. The van der Waals surface area contributed by atoms with Crippen LogP contribution in [-0.2, 0) is 16.2 Å². The van der Waals surface area contributed by atoms with Crippen LogP contribution >= 0.6 is 15.9 Å². The number of urea groups is 1. The summed E-state index contributed by atoms with van der Waals surface area (Å²) in [6.07, 6.45) is 1.36. The number of amides is 4. The van der Waals surface area contributed by atoms with E-state index in [4.69, 9.17) is 9.47 Å². The van der Waals surface area contributed by atoms with Crippen LogP contribution in [0.15, 0.2) is 88.9 Å². The largest absolute Gasteiger partial charge is 0.490 e. The number of imide groups is 2. The van der Waals surface area contributed by atoms with Gasteiger partial charge in [0.1, 0.15) is 18.0 Å². The number of halogens is 2. The van der Waals surface area contributed by atoms with Gasteiger partial charge in [0.05, 0.1) is 12.3 Å². The van der Waals surface area contributed by atoms with E-state index in [1.165, 1.54) is 18.2 Å². The number of benzene rings is 4. The minimum absolute atomic E-state index is 0.129. The van der Waals surface area contributed by atoms with Crippen molar-refractivity contribution < 1.29 is 28.2 Å². The minimum Gasteiger partial charge on any atom is -0.490 e. The number of ether oxygens (including phenoxy) is 2. The lowest BCUT2D eigenvalue weighted by Crippen LogP contribution is -2.54. The van der Waals surface area contributed by atoms with Gasteiger partial charge < -0.3 is 9.47 Å². The van der Waals surface area contributed by atoms with Crippen LogP contribution in [-0.4, -0.2) is 24.5 Å². The second-order valence-corrected chi connectivity index (χ2v) is 9.51. The van der Waals surface area contributed by atoms with Gasteiger partial charge in [0.15, 0.2) is 11.5 Å². The molecular formula is C30H22BrFN2O5. The average Bonchev–Trinajstić information content (AvgIpc) is 2.92. The maximum atomic E-state index is 13.4. The lowest BCUT2D eigenvalue weighted by Gasteiger charge is -2.26. The number of hydrogen-bond acceptors (Lipinski definition) is 5. The van der Waals surface area contributed by atoms with Gasteiger partial charge in [-0.1, -0.05) is 52.3 Å². The predicted octanol–water partition coefficient (Wildman–Crippen LogP) is 6.39. The summed E-state index contributed by atoms with van der Waals surface area (Å²) in [4.78, 5) is 39.0. The fraction of sp³-hybridized carbons (Fsp3) is 0.100. The first-order valence-electron chi connectivity index (χ1n) is 12.1. The zero-order valence-corrected chi connectivity index (χ0v) is 22.3. The Morgan fingerprint density at radius 1 is 0.897 bits per heavy atom. The molecular weight excluding hydrogens is 567 g/mol. The molecule has 1 saturated heterocycles. The maximum absolute atomic E-state index is 13.4. The first-order chi connectivity index (χ1) is 18.8. The van der Waals surface area contributed by atoms with Crippen molar-refractivity contribution in [1.29, 1.82) is 0 Å². The van der Waals surface area contributed by atoms with Crippen molar-refractivity contribution in [3.8, 4) is 11.5 Å². The smallest absolute Gasteiger partial charge is 0.335 e. The van der Waals surface area contributed by atoms with E-state index in [0.717, 1.165) is 33.4 Å². The van der Waals surface area contributed by atoms with Gasteiger partial charge in [-0.05, 0) is 77.4 Å². The number of hydrogen-bond donors (Lipinski definition) is 1. The van der Waals surface area contributed by atoms with Crippen molar-refractivity contribution in [2.24, 2.45) is 0 Å². The molecule has 0 spiro atoms. The first-order valence-corrected chi connectivity index (χ1v) is 12.9. The summed E-state index contributed by atoms with van der Waals surface area (Å²) in [6.45, 7) is 2.49. The third-order valence-electron chi connectivity index (χ3n) is 6.06. The molecule has 1 fully saturated rings. The third-order valence-corrected chi connectivity index (χ3v) is 6.74. The van der Waals surface area contributed by atoms with Crippen LogP contribution in [0.3, 0.4) is 0 Å². The minimum atomic E-state index is -0.916. The molecule has 1 N–H and O–H groups in total. The van der Waals surface area contributed by atoms with Crippen LogP contribution in [0.2, 0.25) is 0 Å². The fourth-order valence-corrected chi connectivity index (χ4v) is 4.61. The molecule has 0 aliphatic carbocycles. The van der Waals surface area contributed by atoms with Crippen molar-refractivity contribution in [1.82, 2.24) is 5.32 Å². The Morgan fingerprint density at radius 3 is 2.36 bits per heavy atom. The molecule has 9 heteroatoms. The highest BCUT2D eigenvalue weighted by molar-refractivity contribution is 9.10. The van der Waals surface area contributed by atoms with E-state index < -0.39 is 23.7 Å². The topological polar surface area (TPSA) is 84.9 Å². The number of anilines is 1. The molecule has 0 aromatic heterocycles. The highest BCUT2D eigenvalue weighted by Crippen LogP contribution is 2.36. The Morgan fingerprint density at radius 2 is 1.62 bits per heavy atom. The monoisotopic (exact) mass is 588 g/mol. The van der Waals surface area contributed by atoms with Crippen LogP contribution in [0.1, 0.15) is 18.1 Å². The Hall–Kier alpha value is -4.50. The van der Waals surface area contributed by atoms with E-state index in [1.807, 2.05) is 43.3 Å². The quantitative estimate of drug-likeness (QED) is 0.200. The van der Waals surface area contributed by atoms with Gasteiger partial charge in [0.25, 0.3) is 11.8 Å². The van der Waals surface area contributed by atoms with Gasteiger partial charge in [-0.15, -0.1) is 0 Å². The van der Waals surface area contributed by atoms with Crippen LogP contribution < -0.4 is 19.7 Å². The van der Waals surface area contributed by atoms with Gasteiger partial charge >= 0.3 is 6.03 Å². The number of carbonyl (C=O) groups excluding carboxylic acids is 3. The van der Waals surface area contributed by atoms with E-state index in [2.05, 4.69) is 27.3 Å². The Kier molecular flexibility index (Phi) is 7.42. The van der Waals surface area contributed by atoms with E-state index in [9.17, 15) is 18.8 Å². The van der Waals surface area contributed by atoms with Gasteiger partial charge in [0, 0.05) is 4.47 Å². The number of carbonyl (C=O) groups is 3.